The van der Waals surface area contributed by atoms with E-state index in [1.165, 1.54) is 12.1 Å². The standard InChI is InChI=1S/C18H19FO3/c1-2-3-12-4-5-14(10-17(21)22)18(16(12)11-20)13-6-8-15(19)9-7-13/h4-9,20H,2-3,10-11H2,1H3,(H,21,22). The van der Waals surface area contributed by atoms with E-state index in [2.05, 4.69) is 0 Å². The molecular weight excluding hydrogens is 283 g/mol. The third-order valence-corrected chi connectivity index (χ3v) is 3.65. The van der Waals surface area contributed by atoms with Crippen LogP contribution in [0, 0.1) is 5.82 Å². The average molecular weight is 302 g/mol. The number of rotatable bonds is 6. The lowest BCUT2D eigenvalue weighted by molar-refractivity contribution is -0.136. The van der Waals surface area contributed by atoms with Gasteiger partial charge >= 0.3 is 5.97 Å². The molecule has 116 valence electrons. The summed E-state index contributed by atoms with van der Waals surface area (Å²) >= 11 is 0. The maximum atomic E-state index is 13.2. The first-order valence-corrected chi connectivity index (χ1v) is 7.29. The molecule has 22 heavy (non-hydrogen) atoms. The molecule has 2 N–H and O–H groups in total. The van der Waals surface area contributed by atoms with E-state index in [0.717, 1.165) is 29.5 Å². The lowest BCUT2D eigenvalue weighted by atomic mass is 9.88. The minimum Gasteiger partial charge on any atom is -0.481 e. The quantitative estimate of drug-likeness (QED) is 0.857. The number of hydrogen-bond donors (Lipinski definition) is 2. The monoisotopic (exact) mass is 302 g/mol. The molecule has 0 aliphatic heterocycles. The highest BCUT2D eigenvalue weighted by molar-refractivity contribution is 5.79. The smallest absolute Gasteiger partial charge is 0.307 e. The van der Waals surface area contributed by atoms with Crippen LogP contribution in [0.2, 0.25) is 0 Å². The molecule has 0 aliphatic rings. The number of carbonyl (C=O) groups is 1. The minimum absolute atomic E-state index is 0.133. The molecule has 0 unspecified atom stereocenters. The Balaban J connectivity index is 2.65. The van der Waals surface area contributed by atoms with Crippen molar-refractivity contribution in [3.8, 4) is 11.1 Å². The number of benzene rings is 2. The average Bonchev–Trinajstić information content (AvgIpc) is 2.49. The largest absolute Gasteiger partial charge is 0.481 e. The van der Waals surface area contributed by atoms with Gasteiger partial charge in [0.25, 0.3) is 0 Å². The van der Waals surface area contributed by atoms with Crippen molar-refractivity contribution in [1.29, 1.82) is 0 Å². The van der Waals surface area contributed by atoms with Gasteiger partial charge in [-0.15, -0.1) is 0 Å². The Morgan fingerprint density at radius 3 is 2.27 bits per heavy atom. The van der Waals surface area contributed by atoms with Gasteiger partial charge in [-0.05, 0) is 46.4 Å². The molecule has 0 heterocycles. The molecular formula is C18H19FO3. The first-order chi connectivity index (χ1) is 10.6. The highest BCUT2D eigenvalue weighted by Crippen LogP contribution is 2.32. The van der Waals surface area contributed by atoms with Crippen molar-refractivity contribution in [2.75, 3.05) is 0 Å². The zero-order valence-electron chi connectivity index (χ0n) is 12.5. The first-order valence-electron chi connectivity index (χ1n) is 7.29. The van der Waals surface area contributed by atoms with Crippen molar-refractivity contribution in [2.45, 2.75) is 32.8 Å². The molecule has 3 nitrogen and oxygen atoms in total. The molecule has 4 heteroatoms. The molecule has 0 radical (unpaired) electrons. The topological polar surface area (TPSA) is 57.5 Å². The van der Waals surface area contributed by atoms with Gasteiger partial charge in [0.15, 0.2) is 0 Å². The molecule has 0 spiro atoms. The summed E-state index contributed by atoms with van der Waals surface area (Å²) in [5.74, 6) is -1.28. The summed E-state index contributed by atoms with van der Waals surface area (Å²) in [7, 11) is 0. The van der Waals surface area contributed by atoms with Gasteiger partial charge in [-0.2, -0.15) is 0 Å². The lowest BCUT2D eigenvalue weighted by Gasteiger charge is -2.17. The fraction of sp³-hybridized carbons (Fsp3) is 0.278. The van der Waals surface area contributed by atoms with Gasteiger partial charge in [0, 0.05) is 0 Å². The van der Waals surface area contributed by atoms with Crippen LogP contribution < -0.4 is 0 Å². The molecule has 0 aromatic heterocycles. The molecule has 2 rings (SSSR count). The van der Waals surface area contributed by atoms with Gasteiger partial charge < -0.3 is 10.2 Å². The predicted octanol–water partition coefficient (Wildman–Crippen LogP) is 3.56. The number of carboxylic acids is 1. The highest BCUT2D eigenvalue weighted by atomic mass is 19.1. The minimum atomic E-state index is -0.935. The normalized spacial score (nSPS) is 10.7. The molecule has 0 aliphatic carbocycles. The Labute approximate surface area is 129 Å². The van der Waals surface area contributed by atoms with E-state index in [4.69, 9.17) is 5.11 Å². The van der Waals surface area contributed by atoms with Crippen LogP contribution in [0.3, 0.4) is 0 Å². The number of carboxylic acid groups (broad SMARTS) is 1. The van der Waals surface area contributed by atoms with Gasteiger partial charge in [-0.25, -0.2) is 4.39 Å². The fourth-order valence-electron chi connectivity index (χ4n) is 2.71. The SMILES string of the molecule is CCCc1ccc(CC(=O)O)c(-c2ccc(F)cc2)c1CO. The molecule has 0 saturated carbocycles. The molecule has 2 aromatic carbocycles. The van der Waals surface area contributed by atoms with Crippen LogP contribution in [0.5, 0.6) is 0 Å². The maximum absolute atomic E-state index is 13.2. The van der Waals surface area contributed by atoms with Crippen molar-refractivity contribution in [2.24, 2.45) is 0 Å². The summed E-state index contributed by atoms with van der Waals surface area (Å²) in [6, 6.07) is 9.58. The van der Waals surface area contributed by atoms with E-state index >= 15 is 0 Å². The van der Waals surface area contributed by atoms with Crippen molar-refractivity contribution in [1.82, 2.24) is 0 Å². The highest BCUT2D eigenvalue weighted by Gasteiger charge is 2.16. The van der Waals surface area contributed by atoms with E-state index in [-0.39, 0.29) is 18.8 Å². The molecule has 0 bridgehead atoms. The van der Waals surface area contributed by atoms with Crippen molar-refractivity contribution in [3.63, 3.8) is 0 Å². The number of aliphatic carboxylic acids is 1. The number of aryl methyl sites for hydroxylation is 1. The summed E-state index contributed by atoms with van der Waals surface area (Å²) in [5.41, 5.74) is 3.78. The Hall–Kier alpha value is -2.20. The fourth-order valence-corrected chi connectivity index (χ4v) is 2.71. The first kappa shape index (κ1) is 16.2. The van der Waals surface area contributed by atoms with Crippen LogP contribution in [0.15, 0.2) is 36.4 Å². The second kappa shape index (κ2) is 7.18. The molecule has 0 atom stereocenters. The third-order valence-electron chi connectivity index (χ3n) is 3.65. The van der Waals surface area contributed by atoms with Gasteiger partial charge in [0.05, 0.1) is 13.0 Å². The van der Waals surface area contributed by atoms with Crippen LogP contribution in [0.4, 0.5) is 4.39 Å². The van der Waals surface area contributed by atoms with E-state index in [1.807, 2.05) is 13.0 Å². The number of hydrogen-bond acceptors (Lipinski definition) is 2. The summed E-state index contributed by atoms with van der Waals surface area (Å²) in [5, 5.41) is 18.9. The van der Waals surface area contributed by atoms with E-state index in [0.29, 0.717) is 11.1 Å². The summed E-state index contributed by atoms with van der Waals surface area (Å²) < 4.78 is 13.2. The summed E-state index contributed by atoms with van der Waals surface area (Å²) in [6.45, 7) is 1.87. The lowest BCUT2D eigenvalue weighted by Crippen LogP contribution is -2.06. The second-order valence-corrected chi connectivity index (χ2v) is 5.22. The Kier molecular flexibility index (Phi) is 5.28. The molecule has 0 saturated heterocycles. The summed E-state index contributed by atoms with van der Waals surface area (Å²) in [4.78, 5) is 11.1. The van der Waals surface area contributed by atoms with Crippen molar-refractivity contribution >= 4 is 5.97 Å². The van der Waals surface area contributed by atoms with Gasteiger partial charge in [0.1, 0.15) is 5.82 Å². The van der Waals surface area contributed by atoms with Crippen LogP contribution in [-0.2, 0) is 24.2 Å². The Bertz CT molecular complexity index is 663. The molecule has 2 aromatic rings. The predicted molar refractivity (Wildman–Crippen MR) is 83.1 cm³/mol. The Morgan fingerprint density at radius 1 is 1.09 bits per heavy atom. The zero-order valence-corrected chi connectivity index (χ0v) is 12.5. The van der Waals surface area contributed by atoms with E-state index in [1.54, 1.807) is 18.2 Å². The molecule has 0 amide bonds. The van der Waals surface area contributed by atoms with Crippen LogP contribution in [0.25, 0.3) is 11.1 Å². The second-order valence-electron chi connectivity index (χ2n) is 5.22. The van der Waals surface area contributed by atoms with E-state index in [9.17, 15) is 14.3 Å². The zero-order chi connectivity index (χ0) is 16.1. The third kappa shape index (κ3) is 3.52. The van der Waals surface area contributed by atoms with Crippen LogP contribution in [-0.4, -0.2) is 16.2 Å². The summed E-state index contributed by atoms with van der Waals surface area (Å²) in [6.07, 6.45) is 1.59. The van der Waals surface area contributed by atoms with Crippen molar-refractivity contribution in [3.05, 3.63) is 58.9 Å². The van der Waals surface area contributed by atoms with Crippen LogP contribution >= 0.6 is 0 Å². The maximum Gasteiger partial charge on any atom is 0.307 e. The van der Waals surface area contributed by atoms with Gasteiger partial charge in [-0.3, -0.25) is 4.79 Å². The Morgan fingerprint density at radius 2 is 1.73 bits per heavy atom. The molecule has 0 fully saturated rings. The van der Waals surface area contributed by atoms with Crippen LogP contribution in [0.1, 0.15) is 30.0 Å². The number of aliphatic hydroxyl groups is 1. The van der Waals surface area contributed by atoms with E-state index < -0.39 is 5.97 Å². The van der Waals surface area contributed by atoms with Gasteiger partial charge in [-0.1, -0.05) is 37.6 Å². The number of halogens is 1. The van der Waals surface area contributed by atoms with Crippen molar-refractivity contribution < 1.29 is 19.4 Å². The van der Waals surface area contributed by atoms with Gasteiger partial charge in [0.2, 0.25) is 0 Å². The number of aliphatic hydroxyl groups excluding tert-OH is 1.